The Kier molecular flexibility index (Phi) is 3.54. The van der Waals surface area contributed by atoms with Crippen LogP contribution in [0, 0.1) is 5.41 Å². The van der Waals surface area contributed by atoms with E-state index in [1.807, 2.05) is 31.2 Å². The Labute approximate surface area is 117 Å². The van der Waals surface area contributed by atoms with E-state index in [0.29, 0.717) is 10.6 Å². The van der Waals surface area contributed by atoms with Gasteiger partial charge in [0.15, 0.2) is 0 Å². The molecule has 1 aromatic carbocycles. The normalized spacial score (nSPS) is 13.5. The molecule has 1 atom stereocenters. The number of fused-ring (bicyclic) bond motifs is 1. The first-order valence-corrected chi connectivity index (χ1v) is 7.20. The van der Waals surface area contributed by atoms with Crippen molar-refractivity contribution in [2.24, 2.45) is 5.41 Å². The van der Waals surface area contributed by atoms with Crippen LogP contribution in [0.25, 0.3) is 10.1 Å². The summed E-state index contributed by atoms with van der Waals surface area (Å²) in [6, 6.07) is 7.92. The van der Waals surface area contributed by atoms with Crippen LogP contribution in [0.5, 0.6) is 0 Å². The van der Waals surface area contributed by atoms with Gasteiger partial charge in [0.2, 0.25) is 0 Å². The summed E-state index contributed by atoms with van der Waals surface area (Å²) >= 11 is 1.45. The molecule has 0 aliphatic rings. The monoisotopic (exact) mass is 276 g/mol. The number of thiophene rings is 1. The molecule has 0 radical (unpaired) electrons. The second-order valence-corrected chi connectivity index (χ2v) is 6.95. The fourth-order valence-corrected chi connectivity index (χ4v) is 2.74. The number of nitrogens with one attached hydrogen (secondary N) is 1. The lowest BCUT2D eigenvalue weighted by molar-refractivity contribution is 0.0915. The number of carbonyl (C=O) groups excluding carboxylic acids is 1. The van der Waals surface area contributed by atoms with Crippen molar-refractivity contribution in [1.82, 2.24) is 5.32 Å². The van der Waals surface area contributed by atoms with Gasteiger partial charge in [-0.15, -0.1) is 11.3 Å². The van der Waals surface area contributed by atoms with Gasteiger partial charge in [-0.05, 0) is 18.4 Å². The summed E-state index contributed by atoms with van der Waals surface area (Å²) < 4.78 is 1.05. The maximum Gasteiger partial charge on any atom is 0.263 e. The predicted octanol–water partition coefficient (Wildman–Crippen LogP) is 3.65. The molecule has 1 amide bonds. The van der Waals surface area contributed by atoms with Crippen molar-refractivity contribution in [1.29, 1.82) is 0 Å². The molecule has 0 spiro atoms. The Balaban J connectivity index is 2.30. The SMILES string of the molecule is CC(NC(=O)c1sc2ccccc2c1N)C(C)(C)C. The standard InChI is InChI=1S/C15H20N2OS/c1-9(15(2,3)4)17-14(18)13-12(16)10-7-5-6-8-11(10)19-13/h5-9H,16H2,1-4H3,(H,17,18). The van der Waals surface area contributed by atoms with Gasteiger partial charge in [0.1, 0.15) is 4.88 Å². The number of amides is 1. The number of carbonyl (C=O) groups is 1. The zero-order valence-corrected chi connectivity index (χ0v) is 12.6. The molecule has 19 heavy (non-hydrogen) atoms. The molecule has 1 heterocycles. The molecule has 1 unspecified atom stereocenters. The maximum absolute atomic E-state index is 12.3. The van der Waals surface area contributed by atoms with Crippen LogP contribution >= 0.6 is 11.3 Å². The minimum atomic E-state index is -0.0823. The van der Waals surface area contributed by atoms with Crippen LogP contribution in [0.4, 0.5) is 5.69 Å². The number of hydrogen-bond donors (Lipinski definition) is 2. The second kappa shape index (κ2) is 4.85. The van der Waals surface area contributed by atoms with E-state index in [-0.39, 0.29) is 17.4 Å². The molecule has 0 fully saturated rings. The highest BCUT2D eigenvalue weighted by Crippen LogP contribution is 2.33. The van der Waals surface area contributed by atoms with Crippen LogP contribution in [0.1, 0.15) is 37.4 Å². The van der Waals surface area contributed by atoms with Crippen LogP contribution in [0.15, 0.2) is 24.3 Å². The van der Waals surface area contributed by atoms with Gasteiger partial charge in [-0.1, -0.05) is 39.0 Å². The topological polar surface area (TPSA) is 55.1 Å². The largest absolute Gasteiger partial charge is 0.397 e. The molecule has 0 aliphatic carbocycles. The van der Waals surface area contributed by atoms with Crippen molar-refractivity contribution in [2.45, 2.75) is 33.7 Å². The second-order valence-electron chi connectivity index (χ2n) is 5.90. The molecule has 0 saturated heterocycles. The van der Waals surface area contributed by atoms with Gasteiger partial charge in [0, 0.05) is 16.1 Å². The highest BCUT2D eigenvalue weighted by Gasteiger charge is 2.24. The summed E-state index contributed by atoms with van der Waals surface area (Å²) in [5.74, 6) is -0.0823. The first-order chi connectivity index (χ1) is 8.80. The Morgan fingerprint density at radius 1 is 1.32 bits per heavy atom. The summed E-state index contributed by atoms with van der Waals surface area (Å²) in [5, 5.41) is 3.99. The molecule has 2 aromatic rings. The van der Waals surface area contributed by atoms with Gasteiger partial charge < -0.3 is 11.1 Å². The van der Waals surface area contributed by atoms with Crippen LogP contribution < -0.4 is 11.1 Å². The number of benzene rings is 1. The van der Waals surface area contributed by atoms with E-state index < -0.39 is 0 Å². The Morgan fingerprint density at radius 2 is 1.95 bits per heavy atom. The van der Waals surface area contributed by atoms with Gasteiger partial charge in [-0.25, -0.2) is 0 Å². The quantitative estimate of drug-likeness (QED) is 0.879. The third-order valence-corrected chi connectivity index (χ3v) is 4.67. The zero-order chi connectivity index (χ0) is 14.2. The molecular weight excluding hydrogens is 256 g/mol. The summed E-state index contributed by atoms with van der Waals surface area (Å²) in [5.41, 5.74) is 6.69. The first-order valence-electron chi connectivity index (χ1n) is 6.38. The zero-order valence-electron chi connectivity index (χ0n) is 11.8. The lowest BCUT2D eigenvalue weighted by atomic mass is 9.88. The van der Waals surface area contributed by atoms with Crippen molar-refractivity contribution in [3.8, 4) is 0 Å². The van der Waals surface area contributed by atoms with E-state index in [1.165, 1.54) is 11.3 Å². The van der Waals surface area contributed by atoms with Gasteiger partial charge in [0.25, 0.3) is 5.91 Å². The van der Waals surface area contributed by atoms with Crippen LogP contribution in [-0.2, 0) is 0 Å². The molecule has 0 saturated carbocycles. The minimum Gasteiger partial charge on any atom is -0.397 e. The van der Waals surface area contributed by atoms with E-state index in [1.54, 1.807) is 0 Å². The number of anilines is 1. The Morgan fingerprint density at radius 3 is 2.53 bits per heavy atom. The summed E-state index contributed by atoms with van der Waals surface area (Å²) in [6.45, 7) is 8.33. The molecule has 0 bridgehead atoms. The number of nitrogens with two attached hydrogens (primary N) is 1. The van der Waals surface area contributed by atoms with E-state index >= 15 is 0 Å². The highest BCUT2D eigenvalue weighted by atomic mass is 32.1. The molecule has 2 rings (SSSR count). The summed E-state index contributed by atoms with van der Waals surface area (Å²) in [6.07, 6.45) is 0. The van der Waals surface area contributed by atoms with Crippen molar-refractivity contribution < 1.29 is 4.79 Å². The third-order valence-electron chi connectivity index (χ3n) is 3.49. The average molecular weight is 276 g/mol. The van der Waals surface area contributed by atoms with E-state index in [4.69, 9.17) is 5.73 Å². The number of hydrogen-bond acceptors (Lipinski definition) is 3. The molecule has 102 valence electrons. The summed E-state index contributed by atoms with van der Waals surface area (Å²) in [7, 11) is 0. The third kappa shape index (κ3) is 2.73. The molecule has 0 aliphatic heterocycles. The molecule has 4 heteroatoms. The lowest BCUT2D eigenvalue weighted by Gasteiger charge is -2.27. The lowest BCUT2D eigenvalue weighted by Crippen LogP contribution is -2.41. The predicted molar refractivity (Wildman–Crippen MR) is 82.6 cm³/mol. The Bertz CT molecular complexity index is 610. The molecule has 3 N–H and O–H groups in total. The smallest absolute Gasteiger partial charge is 0.263 e. The fraction of sp³-hybridized carbons (Fsp3) is 0.400. The van der Waals surface area contributed by atoms with E-state index in [2.05, 4.69) is 26.1 Å². The minimum absolute atomic E-state index is 0.0289. The Hall–Kier alpha value is -1.55. The average Bonchev–Trinajstić information content (AvgIpc) is 2.66. The van der Waals surface area contributed by atoms with Gasteiger partial charge in [-0.3, -0.25) is 4.79 Å². The van der Waals surface area contributed by atoms with E-state index in [9.17, 15) is 4.79 Å². The maximum atomic E-state index is 12.3. The fourth-order valence-electron chi connectivity index (χ4n) is 1.71. The number of rotatable bonds is 2. The van der Waals surface area contributed by atoms with Crippen molar-refractivity contribution >= 4 is 33.0 Å². The van der Waals surface area contributed by atoms with Crippen molar-refractivity contribution in [3.05, 3.63) is 29.1 Å². The summed E-state index contributed by atoms with van der Waals surface area (Å²) in [4.78, 5) is 12.9. The molecule has 1 aromatic heterocycles. The number of nitrogen functional groups attached to an aromatic ring is 1. The highest BCUT2D eigenvalue weighted by molar-refractivity contribution is 7.21. The van der Waals surface area contributed by atoms with E-state index in [0.717, 1.165) is 10.1 Å². The van der Waals surface area contributed by atoms with Crippen LogP contribution in [0.3, 0.4) is 0 Å². The van der Waals surface area contributed by atoms with Crippen molar-refractivity contribution in [3.63, 3.8) is 0 Å². The van der Waals surface area contributed by atoms with Crippen molar-refractivity contribution in [2.75, 3.05) is 5.73 Å². The molecule has 3 nitrogen and oxygen atoms in total. The van der Waals surface area contributed by atoms with Crippen LogP contribution in [0.2, 0.25) is 0 Å². The first kappa shape index (κ1) is 13.9. The van der Waals surface area contributed by atoms with Gasteiger partial charge in [-0.2, -0.15) is 0 Å². The van der Waals surface area contributed by atoms with Gasteiger partial charge >= 0.3 is 0 Å². The molecular formula is C15H20N2OS. The van der Waals surface area contributed by atoms with Crippen LogP contribution in [-0.4, -0.2) is 11.9 Å². The van der Waals surface area contributed by atoms with Gasteiger partial charge in [0.05, 0.1) is 5.69 Å².